The van der Waals surface area contributed by atoms with Crippen molar-refractivity contribution in [3.63, 3.8) is 0 Å². The third-order valence-electron chi connectivity index (χ3n) is 3.07. The molecule has 96 valence electrons. The first-order valence-electron chi connectivity index (χ1n) is 5.99. The summed E-state index contributed by atoms with van der Waals surface area (Å²) in [7, 11) is 0. The summed E-state index contributed by atoms with van der Waals surface area (Å²) in [6.45, 7) is 2.51. The van der Waals surface area contributed by atoms with E-state index in [-0.39, 0.29) is 0 Å². The zero-order valence-corrected chi connectivity index (χ0v) is 10.5. The van der Waals surface area contributed by atoms with Crippen LogP contribution in [0.3, 0.4) is 0 Å². The van der Waals surface area contributed by atoms with Gasteiger partial charge in [0.25, 0.3) is 0 Å². The van der Waals surface area contributed by atoms with Crippen molar-refractivity contribution in [2.75, 3.05) is 11.1 Å². The highest BCUT2D eigenvalue weighted by atomic mass is 15.2. The molecule has 3 aromatic rings. The zero-order chi connectivity index (χ0) is 13.2. The van der Waals surface area contributed by atoms with Gasteiger partial charge in [0.1, 0.15) is 5.82 Å². The summed E-state index contributed by atoms with van der Waals surface area (Å²) in [5.41, 5.74) is 7.58. The Morgan fingerprint density at radius 1 is 1.21 bits per heavy atom. The Morgan fingerprint density at radius 2 is 2.00 bits per heavy atom. The van der Waals surface area contributed by atoms with E-state index in [1.54, 1.807) is 6.20 Å². The molecule has 0 amide bonds. The molecule has 2 aromatic heterocycles. The van der Waals surface area contributed by atoms with Crippen LogP contribution < -0.4 is 11.1 Å². The molecule has 0 bridgehead atoms. The summed E-state index contributed by atoms with van der Waals surface area (Å²) in [6, 6.07) is 8.05. The molecule has 6 nitrogen and oxygen atoms in total. The van der Waals surface area contributed by atoms with Crippen LogP contribution >= 0.6 is 0 Å². The van der Waals surface area contributed by atoms with Gasteiger partial charge in [0.15, 0.2) is 5.82 Å². The quantitative estimate of drug-likeness (QED) is 0.663. The van der Waals surface area contributed by atoms with Crippen molar-refractivity contribution >= 4 is 22.4 Å². The Morgan fingerprint density at radius 3 is 2.74 bits per heavy atom. The Bertz CT molecular complexity index is 718. The van der Waals surface area contributed by atoms with Crippen molar-refractivity contribution in [1.29, 1.82) is 0 Å². The van der Waals surface area contributed by atoms with E-state index in [0.717, 1.165) is 27.8 Å². The van der Waals surface area contributed by atoms with E-state index in [1.807, 2.05) is 31.2 Å². The predicted octanol–water partition coefficient (Wildman–Crippen LogP) is 1.86. The maximum Gasteiger partial charge on any atom is 0.156 e. The number of nitrogens with zero attached hydrogens (tertiary/aromatic N) is 3. The molecule has 0 spiro atoms. The number of H-pyrrole nitrogens is 1. The molecule has 0 fully saturated rings. The zero-order valence-electron chi connectivity index (χ0n) is 10.5. The molecule has 2 heterocycles. The van der Waals surface area contributed by atoms with Crippen LogP contribution in [-0.2, 0) is 6.54 Å². The Kier molecular flexibility index (Phi) is 2.75. The molecule has 1 aromatic carbocycles. The lowest BCUT2D eigenvalue weighted by Gasteiger charge is -2.08. The van der Waals surface area contributed by atoms with Gasteiger partial charge >= 0.3 is 0 Å². The van der Waals surface area contributed by atoms with Gasteiger partial charge in [0, 0.05) is 22.9 Å². The van der Waals surface area contributed by atoms with E-state index < -0.39 is 0 Å². The molecule has 6 heteroatoms. The average molecular weight is 254 g/mol. The lowest BCUT2D eigenvalue weighted by molar-refractivity contribution is 0.983. The van der Waals surface area contributed by atoms with Crippen LogP contribution in [0.25, 0.3) is 10.8 Å². The minimum atomic E-state index is 0.560. The first-order chi connectivity index (χ1) is 9.25. The summed E-state index contributed by atoms with van der Waals surface area (Å²) in [5, 5.41) is 20.3. The standard InChI is InChI=1S/C13H14N6/c1-8-10-4-2-3-5-11(10)13(19-17-8)15-6-9-7-16-18-12(9)14/h2-5,7H,6H2,1H3,(H,15,19)(H3,14,16,18). The van der Waals surface area contributed by atoms with Gasteiger partial charge in [-0.2, -0.15) is 10.2 Å². The molecular weight excluding hydrogens is 240 g/mol. The number of hydrogen-bond acceptors (Lipinski definition) is 5. The SMILES string of the molecule is Cc1nnc(NCc2cn[nH]c2N)c2ccccc12. The van der Waals surface area contributed by atoms with Crippen LogP contribution in [-0.4, -0.2) is 20.4 Å². The van der Waals surface area contributed by atoms with Crippen molar-refractivity contribution in [3.8, 4) is 0 Å². The van der Waals surface area contributed by atoms with Gasteiger partial charge in [-0.3, -0.25) is 5.10 Å². The number of aryl methyl sites for hydroxylation is 1. The number of anilines is 2. The smallest absolute Gasteiger partial charge is 0.156 e. The molecule has 0 saturated carbocycles. The number of hydrogen-bond donors (Lipinski definition) is 3. The molecule has 0 aliphatic carbocycles. The third-order valence-corrected chi connectivity index (χ3v) is 3.07. The number of aromatic amines is 1. The monoisotopic (exact) mass is 254 g/mol. The van der Waals surface area contributed by atoms with E-state index >= 15 is 0 Å². The largest absolute Gasteiger partial charge is 0.384 e. The van der Waals surface area contributed by atoms with Gasteiger partial charge in [-0.15, -0.1) is 5.10 Å². The second-order valence-corrected chi connectivity index (χ2v) is 4.34. The highest BCUT2D eigenvalue weighted by molar-refractivity contribution is 5.92. The first-order valence-corrected chi connectivity index (χ1v) is 5.99. The van der Waals surface area contributed by atoms with Crippen molar-refractivity contribution < 1.29 is 0 Å². The maximum absolute atomic E-state index is 5.75. The number of benzene rings is 1. The molecule has 0 saturated heterocycles. The Hall–Kier alpha value is -2.63. The third kappa shape index (κ3) is 2.08. The molecule has 0 atom stereocenters. The normalized spacial score (nSPS) is 10.8. The van der Waals surface area contributed by atoms with Crippen molar-refractivity contribution in [2.45, 2.75) is 13.5 Å². The summed E-state index contributed by atoms with van der Waals surface area (Å²) >= 11 is 0. The van der Waals surface area contributed by atoms with Gasteiger partial charge in [0.05, 0.1) is 11.9 Å². The van der Waals surface area contributed by atoms with E-state index in [0.29, 0.717) is 12.4 Å². The topological polar surface area (TPSA) is 92.5 Å². The second-order valence-electron chi connectivity index (χ2n) is 4.34. The lowest BCUT2D eigenvalue weighted by atomic mass is 10.1. The van der Waals surface area contributed by atoms with Crippen LogP contribution in [0.5, 0.6) is 0 Å². The van der Waals surface area contributed by atoms with Gasteiger partial charge < -0.3 is 11.1 Å². The minimum Gasteiger partial charge on any atom is -0.384 e. The fraction of sp³-hybridized carbons (Fsp3) is 0.154. The average Bonchev–Trinajstić information content (AvgIpc) is 2.84. The molecule has 0 unspecified atom stereocenters. The van der Waals surface area contributed by atoms with Crippen molar-refractivity contribution in [3.05, 3.63) is 41.7 Å². The molecule has 4 N–H and O–H groups in total. The number of nitrogens with one attached hydrogen (secondary N) is 2. The van der Waals surface area contributed by atoms with Crippen LogP contribution in [0.2, 0.25) is 0 Å². The van der Waals surface area contributed by atoms with E-state index in [1.165, 1.54) is 0 Å². The Labute approximate surface area is 110 Å². The van der Waals surface area contributed by atoms with Crippen LogP contribution in [0, 0.1) is 6.92 Å². The van der Waals surface area contributed by atoms with Gasteiger partial charge in [-0.05, 0) is 6.92 Å². The summed E-state index contributed by atoms with van der Waals surface area (Å²) < 4.78 is 0. The molecule has 3 rings (SSSR count). The van der Waals surface area contributed by atoms with E-state index in [2.05, 4.69) is 25.7 Å². The second kappa shape index (κ2) is 4.56. The van der Waals surface area contributed by atoms with Gasteiger partial charge in [-0.25, -0.2) is 0 Å². The summed E-state index contributed by atoms with van der Waals surface area (Å²) in [4.78, 5) is 0. The fourth-order valence-corrected chi connectivity index (χ4v) is 2.01. The highest BCUT2D eigenvalue weighted by Crippen LogP contribution is 2.22. The van der Waals surface area contributed by atoms with Crippen LogP contribution in [0.15, 0.2) is 30.5 Å². The van der Waals surface area contributed by atoms with Crippen molar-refractivity contribution in [1.82, 2.24) is 20.4 Å². The first kappa shape index (κ1) is 11.5. The number of rotatable bonds is 3. The number of nitrogens with two attached hydrogens (primary N) is 1. The van der Waals surface area contributed by atoms with E-state index in [4.69, 9.17) is 5.73 Å². The molecule has 0 radical (unpaired) electrons. The minimum absolute atomic E-state index is 0.560. The fourth-order valence-electron chi connectivity index (χ4n) is 2.01. The van der Waals surface area contributed by atoms with Gasteiger partial charge in [0.2, 0.25) is 0 Å². The summed E-state index contributed by atoms with van der Waals surface area (Å²) in [6.07, 6.45) is 1.70. The number of fused-ring (bicyclic) bond motifs is 1. The maximum atomic E-state index is 5.75. The molecule has 0 aliphatic rings. The van der Waals surface area contributed by atoms with Crippen molar-refractivity contribution in [2.24, 2.45) is 0 Å². The number of aromatic nitrogens is 4. The number of nitrogen functional groups attached to an aromatic ring is 1. The molecule has 0 aliphatic heterocycles. The molecular formula is C13H14N6. The van der Waals surface area contributed by atoms with Crippen LogP contribution in [0.1, 0.15) is 11.3 Å². The van der Waals surface area contributed by atoms with Crippen LogP contribution in [0.4, 0.5) is 11.6 Å². The van der Waals surface area contributed by atoms with E-state index in [9.17, 15) is 0 Å². The lowest BCUT2D eigenvalue weighted by Crippen LogP contribution is -2.05. The Balaban J connectivity index is 1.93. The predicted molar refractivity (Wildman–Crippen MR) is 74.6 cm³/mol. The molecule has 19 heavy (non-hydrogen) atoms. The van der Waals surface area contributed by atoms with Gasteiger partial charge in [-0.1, -0.05) is 24.3 Å². The highest BCUT2D eigenvalue weighted by Gasteiger charge is 2.07. The summed E-state index contributed by atoms with van der Waals surface area (Å²) in [5.74, 6) is 1.32.